The third kappa shape index (κ3) is 13.1. The van der Waals surface area contributed by atoms with Crippen molar-refractivity contribution < 1.29 is 24.4 Å². The van der Waals surface area contributed by atoms with Crippen molar-refractivity contribution in [3.63, 3.8) is 0 Å². The molecule has 4 amide bonds. The lowest BCUT2D eigenvalue weighted by Crippen LogP contribution is -2.17. The molecule has 11 nitrogen and oxygen atoms in total. The lowest BCUT2D eigenvalue weighted by atomic mass is 10.0. The zero-order valence-corrected chi connectivity index (χ0v) is 35.3. The van der Waals surface area contributed by atoms with Crippen LogP contribution in [-0.2, 0) is 9.59 Å². The second-order valence-corrected chi connectivity index (χ2v) is 14.2. The fourth-order valence-corrected chi connectivity index (χ4v) is 6.48. The average molecular weight is 944 g/mol. The van der Waals surface area contributed by atoms with Gasteiger partial charge in [0, 0.05) is 40.4 Å². The van der Waals surface area contributed by atoms with Gasteiger partial charge in [-0.1, -0.05) is 141 Å². The van der Waals surface area contributed by atoms with Gasteiger partial charge in [-0.05, 0) is 70.3 Å². The van der Waals surface area contributed by atoms with Crippen LogP contribution in [0.3, 0.4) is 0 Å². The van der Waals surface area contributed by atoms with Crippen LogP contribution in [0, 0.1) is 0 Å². The Kier molecular flexibility index (Phi) is 17.7. The van der Waals surface area contributed by atoms with Crippen molar-refractivity contribution in [2.45, 2.75) is 0 Å². The highest BCUT2D eigenvalue weighted by atomic mass is 79.9. The fourth-order valence-electron chi connectivity index (χ4n) is 4.60. The van der Waals surface area contributed by atoms with Gasteiger partial charge in [0.15, 0.2) is 0 Å². The number of nitrogens with zero attached hydrogens (tertiary/aromatic N) is 2. The van der Waals surface area contributed by atoms with Crippen LogP contribution in [0.2, 0.25) is 25.1 Å². The first-order chi connectivity index (χ1) is 27.8. The summed E-state index contributed by atoms with van der Waals surface area (Å²) in [5, 5.41) is 19.0. The highest BCUT2D eigenvalue weighted by Gasteiger charge is 2.18. The Balaban J connectivity index is 0.000000257. The quantitative estimate of drug-likeness (QED) is 0.0222. The van der Waals surface area contributed by atoms with Gasteiger partial charge < -0.3 is 5.32 Å². The van der Waals surface area contributed by atoms with Crippen LogP contribution in [0.15, 0.2) is 124 Å². The van der Waals surface area contributed by atoms with E-state index >= 15 is 0 Å². The summed E-state index contributed by atoms with van der Waals surface area (Å²) in [7, 11) is 1.53. The number of benzene rings is 5. The normalized spacial score (nSPS) is 11.1. The van der Waals surface area contributed by atoms with E-state index in [1.54, 1.807) is 60.8 Å². The van der Waals surface area contributed by atoms with Crippen LogP contribution in [0.5, 0.6) is 0 Å². The first kappa shape index (κ1) is 45.4. The summed E-state index contributed by atoms with van der Waals surface area (Å²) in [6, 6.07) is 29.0. The van der Waals surface area contributed by atoms with Gasteiger partial charge in [0.05, 0.1) is 37.5 Å². The summed E-state index contributed by atoms with van der Waals surface area (Å²) in [4.78, 5) is 46.5. The molecule has 58 heavy (non-hydrogen) atoms. The van der Waals surface area contributed by atoms with Crippen molar-refractivity contribution in [3.05, 3.63) is 172 Å². The van der Waals surface area contributed by atoms with E-state index in [4.69, 9.17) is 63.2 Å². The Bertz CT molecular complexity index is 2380. The molecular formula is C41H30BrCl5N6O5. The van der Waals surface area contributed by atoms with Gasteiger partial charge in [-0.2, -0.15) is 10.2 Å². The maximum atomic E-state index is 12.2. The number of carbonyl (C=O) groups is 4. The van der Waals surface area contributed by atoms with E-state index in [-0.39, 0.29) is 42.5 Å². The number of hydrazone groups is 2. The molecule has 17 heteroatoms. The minimum Gasteiger partial charge on any atom is -0.356 e. The molecule has 5 aromatic carbocycles. The summed E-state index contributed by atoms with van der Waals surface area (Å²) in [5.41, 5.74) is 11.8. The fraction of sp³-hybridized carbons (Fsp3) is 0.0244. The van der Waals surface area contributed by atoms with Gasteiger partial charge in [-0.15, -0.1) is 0 Å². The summed E-state index contributed by atoms with van der Waals surface area (Å²) < 4.78 is 0.933. The van der Waals surface area contributed by atoms with Crippen LogP contribution in [0.25, 0.3) is 23.3 Å². The van der Waals surface area contributed by atoms with Gasteiger partial charge in [-0.3, -0.25) is 24.4 Å². The number of rotatable bonds is 11. The Morgan fingerprint density at radius 3 is 1.55 bits per heavy atom. The molecule has 296 valence electrons. The van der Waals surface area contributed by atoms with Gasteiger partial charge in [0.25, 0.3) is 17.7 Å². The van der Waals surface area contributed by atoms with Crippen LogP contribution in [0.1, 0.15) is 43.0 Å². The molecule has 0 aliphatic heterocycles. The van der Waals surface area contributed by atoms with E-state index in [1.807, 2.05) is 48.5 Å². The van der Waals surface area contributed by atoms with E-state index in [1.165, 1.54) is 37.0 Å². The SMILES string of the molecule is CNC(=O)/C=C/c1ccc(C(=O)N/N=C/c2c(Cl)c(Cl)c(Cl)c(Cl)c2Cl)cc1.O=C(/C=C/c1ccc(C(=O)N/N=C/c2ccc(-c3ccccc3)c(Br)c2)cc1)NO. The molecule has 5 rings (SSSR count). The lowest BCUT2D eigenvalue weighted by molar-refractivity contribution is -0.124. The van der Waals surface area contributed by atoms with Crippen molar-refractivity contribution >= 4 is 122 Å². The minimum absolute atomic E-state index is 0.0325. The van der Waals surface area contributed by atoms with Crippen molar-refractivity contribution in [1.82, 2.24) is 21.6 Å². The summed E-state index contributed by atoms with van der Waals surface area (Å²) in [6.07, 6.45) is 8.49. The Hall–Kier alpha value is -5.31. The van der Waals surface area contributed by atoms with Gasteiger partial charge >= 0.3 is 0 Å². The van der Waals surface area contributed by atoms with Crippen LogP contribution < -0.4 is 21.6 Å². The topological polar surface area (TPSA) is 161 Å². The maximum absolute atomic E-state index is 12.2. The highest BCUT2D eigenvalue weighted by molar-refractivity contribution is 9.10. The molecule has 5 aromatic rings. The largest absolute Gasteiger partial charge is 0.356 e. The molecule has 0 saturated heterocycles. The molecule has 0 fully saturated rings. The van der Waals surface area contributed by atoms with Gasteiger partial charge in [-0.25, -0.2) is 16.3 Å². The Labute approximate surface area is 366 Å². The number of likely N-dealkylation sites (N-methyl/N-ethyl adjacent to an activating group) is 1. The predicted octanol–water partition coefficient (Wildman–Crippen LogP) is 9.88. The summed E-state index contributed by atoms with van der Waals surface area (Å²) in [6.45, 7) is 0. The zero-order chi connectivity index (χ0) is 42.2. The molecule has 0 aromatic heterocycles. The standard InChI is InChI=1S/C23H18BrN3O3.C18H12Cl5N3O2/c24-21-14-17(8-12-20(21)18-4-2-1-3-5-18)15-25-26-23(29)19-10-6-16(7-11-19)9-13-22(28)27-30;1-24-12(27)7-4-9-2-5-10(6-3-9)18(28)26-25-8-11-13(19)15(21)17(23)16(22)14(11)20/h1-15,30H,(H,26,29)(H,27,28);2-8H,1H3,(H,24,27)(H,26,28)/b13-9+,25-15+;7-4+,25-8+. The number of halogens is 6. The lowest BCUT2D eigenvalue weighted by Gasteiger charge is -2.08. The molecule has 0 heterocycles. The van der Waals surface area contributed by atoms with E-state index < -0.39 is 11.8 Å². The average Bonchev–Trinajstić information content (AvgIpc) is 3.25. The summed E-state index contributed by atoms with van der Waals surface area (Å²) >= 11 is 33.6. The third-order valence-corrected chi connectivity index (χ3v) is 10.6. The molecule has 0 saturated carbocycles. The van der Waals surface area contributed by atoms with Crippen molar-refractivity contribution in [3.8, 4) is 11.1 Å². The third-order valence-electron chi connectivity index (χ3n) is 7.62. The predicted molar refractivity (Wildman–Crippen MR) is 236 cm³/mol. The zero-order valence-electron chi connectivity index (χ0n) is 29.9. The minimum atomic E-state index is -0.630. The second kappa shape index (κ2) is 22.6. The first-order valence-corrected chi connectivity index (χ1v) is 19.3. The van der Waals surface area contributed by atoms with Crippen LogP contribution >= 0.6 is 73.9 Å². The van der Waals surface area contributed by atoms with Crippen molar-refractivity contribution in [2.24, 2.45) is 10.2 Å². The van der Waals surface area contributed by atoms with E-state index in [2.05, 4.69) is 42.3 Å². The number of hydrogen-bond donors (Lipinski definition) is 5. The number of carbonyl (C=O) groups excluding carboxylic acids is 4. The maximum Gasteiger partial charge on any atom is 0.271 e. The van der Waals surface area contributed by atoms with E-state index in [0.717, 1.165) is 26.7 Å². The number of amides is 4. The second-order valence-electron chi connectivity index (χ2n) is 11.5. The number of nitrogens with one attached hydrogen (secondary N) is 4. The molecule has 0 spiro atoms. The van der Waals surface area contributed by atoms with Crippen molar-refractivity contribution in [2.75, 3.05) is 7.05 Å². The highest BCUT2D eigenvalue weighted by Crippen LogP contribution is 2.43. The molecule has 0 atom stereocenters. The number of hydrogen-bond acceptors (Lipinski definition) is 7. The van der Waals surface area contributed by atoms with Gasteiger partial charge in [0.2, 0.25) is 5.91 Å². The van der Waals surface area contributed by atoms with Crippen LogP contribution in [0.4, 0.5) is 0 Å². The monoisotopic (exact) mass is 940 g/mol. The summed E-state index contributed by atoms with van der Waals surface area (Å²) in [5.74, 6) is -1.67. The smallest absolute Gasteiger partial charge is 0.271 e. The Morgan fingerprint density at radius 1 is 0.603 bits per heavy atom. The Morgan fingerprint density at radius 2 is 1.07 bits per heavy atom. The molecular weight excluding hydrogens is 914 g/mol. The molecule has 0 radical (unpaired) electrons. The number of hydroxylamine groups is 1. The molecule has 0 unspecified atom stereocenters. The van der Waals surface area contributed by atoms with Gasteiger partial charge in [0.1, 0.15) is 0 Å². The van der Waals surface area contributed by atoms with Crippen molar-refractivity contribution in [1.29, 1.82) is 0 Å². The molecule has 0 aliphatic rings. The molecule has 0 aliphatic carbocycles. The van der Waals surface area contributed by atoms with E-state index in [9.17, 15) is 19.2 Å². The van der Waals surface area contributed by atoms with Crippen LogP contribution in [-0.4, -0.2) is 48.3 Å². The first-order valence-electron chi connectivity index (χ1n) is 16.6. The van der Waals surface area contributed by atoms with E-state index in [0.29, 0.717) is 16.7 Å². The molecule has 0 bridgehead atoms. The molecule has 5 N–H and O–H groups in total.